The number of ether oxygens (including phenoxy) is 1. The molecule has 2 unspecified atom stereocenters. The minimum atomic E-state index is -0.734. The molecule has 3 nitrogen and oxygen atoms in total. The van der Waals surface area contributed by atoms with E-state index in [0.717, 1.165) is 25.2 Å². The highest BCUT2D eigenvalue weighted by atomic mass is 32.2. The Morgan fingerprint density at radius 2 is 2.17 bits per heavy atom. The van der Waals surface area contributed by atoms with E-state index in [2.05, 4.69) is 0 Å². The number of nitrogens with two attached hydrogens (primary N) is 1. The van der Waals surface area contributed by atoms with Crippen LogP contribution in [-0.2, 0) is 15.5 Å². The molecule has 0 saturated heterocycles. The van der Waals surface area contributed by atoms with Gasteiger partial charge in [-0.2, -0.15) is 0 Å². The van der Waals surface area contributed by atoms with Crippen molar-refractivity contribution in [2.75, 3.05) is 25.2 Å². The Balaban J connectivity index is 3.20. The van der Waals surface area contributed by atoms with E-state index in [1.54, 1.807) is 7.11 Å². The van der Waals surface area contributed by atoms with Crippen LogP contribution in [0.1, 0.15) is 19.8 Å². The van der Waals surface area contributed by atoms with E-state index in [0.29, 0.717) is 5.75 Å². The number of rotatable bonds is 7. The van der Waals surface area contributed by atoms with Crippen LogP contribution in [0.4, 0.5) is 0 Å². The Hall–Kier alpha value is 0.0700. The van der Waals surface area contributed by atoms with Crippen molar-refractivity contribution in [1.82, 2.24) is 0 Å². The molecule has 74 valence electrons. The molecule has 0 aliphatic carbocycles. The van der Waals surface area contributed by atoms with Crippen molar-refractivity contribution in [2.45, 2.75) is 25.8 Å². The van der Waals surface area contributed by atoms with Crippen LogP contribution in [0.15, 0.2) is 0 Å². The van der Waals surface area contributed by atoms with Crippen molar-refractivity contribution < 1.29 is 8.95 Å². The molecule has 0 bridgehead atoms. The third kappa shape index (κ3) is 8.17. The highest BCUT2D eigenvalue weighted by Crippen LogP contribution is 1.94. The monoisotopic (exact) mass is 193 g/mol. The molecule has 0 spiro atoms. The van der Waals surface area contributed by atoms with Crippen molar-refractivity contribution in [2.24, 2.45) is 5.73 Å². The Morgan fingerprint density at radius 3 is 2.67 bits per heavy atom. The second kappa shape index (κ2) is 7.71. The zero-order valence-corrected chi connectivity index (χ0v) is 8.73. The molecule has 0 aromatic heterocycles. The second-order valence-electron chi connectivity index (χ2n) is 2.99. The zero-order valence-electron chi connectivity index (χ0n) is 7.91. The van der Waals surface area contributed by atoms with E-state index in [1.165, 1.54) is 0 Å². The van der Waals surface area contributed by atoms with Crippen molar-refractivity contribution >= 4 is 10.8 Å². The fourth-order valence-corrected chi connectivity index (χ4v) is 2.17. The molecular weight excluding hydrogens is 174 g/mol. The van der Waals surface area contributed by atoms with E-state index < -0.39 is 10.8 Å². The SMILES string of the molecule is COCCCCS(=O)CC(C)N. The van der Waals surface area contributed by atoms with E-state index in [1.807, 2.05) is 6.92 Å². The average molecular weight is 193 g/mol. The van der Waals surface area contributed by atoms with Crippen LogP contribution < -0.4 is 5.73 Å². The molecule has 0 rings (SSSR count). The molecule has 0 aromatic carbocycles. The maximum atomic E-state index is 11.2. The van der Waals surface area contributed by atoms with Gasteiger partial charge in [0.25, 0.3) is 0 Å². The Labute approximate surface area is 77.1 Å². The molecule has 0 heterocycles. The largest absolute Gasteiger partial charge is 0.385 e. The molecule has 2 atom stereocenters. The first-order valence-corrected chi connectivity index (χ1v) is 5.75. The smallest absolute Gasteiger partial charge is 0.0462 e. The zero-order chi connectivity index (χ0) is 9.40. The minimum Gasteiger partial charge on any atom is -0.385 e. The van der Waals surface area contributed by atoms with Gasteiger partial charge in [-0.05, 0) is 19.8 Å². The average Bonchev–Trinajstić information content (AvgIpc) is 1.97. The normalized spacial score (nSPS) is 15.9. The summed E-state index contributed by atoms with van der Waals surface area (Å²) in [5.74, 6) is 1.37. The van der Waals surface area contributed by atoms with Gasteiger partial charge < -0.3 is 10.5 Å². The number of hydrogen-bond donors (Lipinski definition) is 1. The van der Waals surface area contributed by atoms with Gasteiger partial charge in [0, 0.05) is 42.1 Å². The lowest BCUT2D eigenvalue weighted by molar-refractivity contribution is 0.194. The lowest BCUT2D eigenvalue weighted by Gasteiger charge is -2.04. The summed E-state index contributed by atoms with van der Waals surface area (Å²) in [5, 5.41) is 0. The summed E-state index contributed by atoms with van der Waals surface area (Å²) in [6.45, 7) is 2.64. The Morgan fingerprint density at radius 1 is 1.50 bits per heavy atom. The van der Waals surface area contributed by atoms with Crippen molar-refractivity contribution in [1.29, 1.82) is 0 Å². The maximum Gasteiger partial charge on any atom is 0.0462 e. The van der Waals surface area contributed by atoms with Gasteiger partial charge >= 0.3 is 0 Å². The molecule has 0 radical (unpaired) electrons. The van der Waals surface area contributed by atoms with Crippen molar-refractivity contribution in [3.8, 4) is 0 Å². The summed E-state index contributed by atoms with van der Waals surface area (Å²) < 4.78 is 16.1. The first-order chi connectivity index (χ1) is 5.66. The standard InChI is InChI=1S/C8H19NO2S/c1-8(9)7-12(10)6-4-3-5-11-2/h8H,3-7,9H2,1-2H3. The molecular formula is C8H19NO2S. The fourth-order valence-electron chi connectivity index (χ4n) is 0.886. The molecule has 0 aliphatic heterocycles. The summed E-state index contributed by atoms with van der Waals surface area (Å²) in [6, 6.07) is 0.0493. The molecule has 0 aliphatic rings. The van der Waals surface area contributed by atoms with E-state index in [4.69, 9.17) is 10.5 Å². The van der Waals surface area contributed by atoms with Gasteiger partial charge in [0.05, 0.1) is 0 Å². The quantitative estimate of drug-likeness (QED) is 0.599. The Bertz CT molecular complexity index is 128. The third-order valence-electron chi connectivity index (χ3n) is 1.42. The van der Waals surface area contributed by atoms with Crippen molar-refractivity contribution in [3.05, 3.63) is 0 Å². The maximum absolute atomic E-state index is 11.2. The lowest BCUT2D eigenvalue weighted by Crippen LogP contribution is -2.24. The highest BCUT2D eigenvalue weighted by molar-refractivity contribution is 7.85. The molecule has 0 saturated carbocycles. The number of hydrogen-bond acceptors (Lipinski definition) is 3. The van der Waals surface area contributed by atoms with Crippen LogP contribution in [0.5, 0.6) is 0 Å². The fraction of sp³-hybridized carbons (Fsp3) is 1.00. The van der Waals surface area contributed by atoms with Gasteiger partial charge in [-0.15, -0.1) is 0 Å². The van der Waals surface area contributed by atoms with Crippen molar-refractivity contribution in [3.63, 3.8) is 0 Å². The van der Waals surface area contributed by atoms with Crippen LogP contribution >= 0.6 is 0 Å². The summed E-state index contributed by atoms with van der Waals surface area (Å²) in [5.41, 5.74) is 5.51. The predicted octanol–water partition coefficient (Wildman–Crippen LogP) is 0.509. The third-order valence-corrected chi connectivity index (χ3v) is 3.06. The first kappa shape index (κ1) is 12.1. The topological polar surface area (TPSA) is 52.3 Å². The molecule has 4 heteroatoms. The van der Waals surface area contributed by atoms with Gasteiger partial charge in [-0.3, -0.25) is 4.21 Å². The number of methoxy groups -OCH3 is 1. The molecule has 0 amide bonds. The van der Waals surface area contributed by atoms with Crippen LogP contribution in [0.3, 0.4) is 0 Å². The minimum absolute atomic E-state index is 0.0493. The van der Waals surface area contributed by atoms with Gasteiger partial charge in [0.2, 0.25) is 0 Å². The van der Waals surface area contributed by atoms with Crippen LogP contribution in [-0.4, -0.2) is 35.5 Å². The van der Waals surface area contributed by atoms with Gasteiger partial charge in [0.1, 0.15) is 0 Å². The highest BCUT2D eigenvalue weighted by Gasteiger charge is 2.02. The van der Waals surface area contributed by atoms with Gasteiger partial charge in [-0.25, -0.2) is 0 Å². The second-order valence-corrected chi connectivity index (χ2v) is 4.61. The predicted molar refractivity (Wildman–Crippen MR) is 52.6 cm³/mol. The van der Waals surface area contributed by atoms with Crippen LogP contribution in [0.25, 0.3) is 0 Å². The van der Waals surface area contributed by atoms with Crippen LogP contribution in [0, 0.1) is 0 Å². The van der Waals surface area contributed by atoms with Gasteiger partial charge in [-0.1, -0.05) is 0 Å². The lowest BCUT2D eigenvalue weighted by atomic mass is 10.4. The summed E-state index contributed by atoms with van der Waals surface area (Å²) in [6.07, 6.45) is 1.95. The van der Waals surface area contributed by atoms with E-state index in [-0.39, 0.29) is 6.04 Å². The summed E-state index contributed by atoms with van der Waals surface area (Å²) >= 11 is 0. The molecule has 12 heavy (non-hydrogen) atoms. The summed E-state index contributed by atoms with van der Waals surface area (Å²) in [7, 11) is 0.945. The van der Waals surface area contributed by atoms with Gasteiger partial charge in [0.15, 0.2) is 0 Å². The van der Waals surface area contributed by atoms with E-state index in [9.17, 15) is 4.21 Å². The Kier molecular flexibility index (Phi) is 7.75. The molecule has 2 N–H and O–H groups in total. The van der Waals surface area contributed by atoms with Crippen LogP contribution in [0.2, 0.25) is 0 Å². The number of unbranched alkanes of at least 4 members (excludes halogenated alkanes) is 1. The summed E-state index contributed by atoms with van der Waals surface area (Å²) in [4.78, 5) is 0. The first-order valence-electron chi connectivity index (χ1n) is 4.26. The molecule has 0 fully saturated rings. The molecule has 0 aromatic rings. The van der Waals surface area contributed by atoms with E-state index >= 15 is 0 Å².